The Balaban J connectivity index is 2.59. The molecule has 0 saturated carbocycles. The molecular weight excluding hydrogens is 291 g/mol. The number of halogens is 3. The highest BCUT2D eigenvalue weighted by atomic mass is 19.4. The SMILES string of the molecule is Cn1c(C=C(C#N)C#N)ccc1-c1ccccc1C(F)(F)F. The molecule has 0 amide bonds. The topological polar surface area (TPSA) is 52.5 Å². The Labute approximate surface area is 125 Å². The smallest absolute Gasteiger partial charge is 0.344 e. The molecule has 2 aromatic rings. The highest BCUT2D eigenvalue weighted by molar-refractivity contribution is 5.70. The molecular formula is C16H10F3N3. The second kappa shape index (κ2) is 5.79. The van der Waals surface area contributed by atoms with E-state index in [0.717, 1.165) is 6.07 Å². The van der Waals surface area contributed by atoms with Crippen LogP contribution in [0.25, 0.3) is 17.3 Å². The minimum atomic E-state index is -4.46. The number of rotatable bonds is 2. The molecule has 0 saturated heterocycles. The average molecular weight is 301 g/mol. The van der Waals surface area contributed by atoms with E-state index in [9.17, 15) is 13.2 Å². The Morgan fingerprint density at radius 2 is 1.73 bits per heavy atom. The molecule has 0 spiro atoms. The number of allylic oxidation sites excluding steroid dienone is 1. The van der Waals surface area contributed by atoms with Gasteiger partial charge in [0.25, 0.3) is 0 Å². The zero-order chi connectivity index (χ0) is 16.3. The van der Waals surface area contributed by atoms with Crippen LogP contribution in [0.5, 0.6) is 0 Å². The molecule has 0 unspecified atom stereocenters. The lowest BCUT2D eigenvalue weighted by Gasteiger charge is -2.13. The molecule has 0 N–H and O–H groups in total. The molecule has 0 aliphatic heterocycles. The van der Waals surface area contributed by atoms with Gasteiger partial charge in [0.05, 0.1) is 5.56 Å². The number of nitriles is 2. The monoisotopic (exact) mass is 301 g/mol. The van der Waals surface area contributed by atoms with Crippen molar-refractivity contribution in [3.63, 3.8) is 0 Å². The first-order valence-corrected chi connectivity index (χ1v) is 6.22. The molecule has 1 heterocycles. The van der Waals surface area contributed by atoms with Crippen LogP contribution in [0.3, 0.4) is 0 Å². The van der Waals surface area contributed by atoms with Gasteiger partial charge < -0.3 is 4.57 Å². The van der Waals surface area contributed by atoms with Crippen LogP contribution >= 0.6 is 0 Å². The first kappa shape index (κ1) is 15.4. The fraction of sp³-hybridized carbons (Fsp3) is 0.125. The molecule has 3 nitrogen and oxygen atoms in total. The van der Waals surface area contributed by atoms with E-state index in [1.54, 1.807) is 25.3 Å². The van der Waals surface area contributed by atoms with Crippen molar-refractivity contribution in [1.82, 2.24) is 4.57 Å². The lowest BCUT2D eigenvalue weighted by molar-refractivity contribution is -0.137. The molecule has 0 aliphatic carbocycles. The van der Waals surface area contributed by atoms with Gasteiger partial charge in [-0.15, -0.1) is 0 Å². The normalized spacial score (nSPS) is 10.6. The van der Waals surface area contributed by atoms with E-state index < -0.39 is 11.7 Å². The summed E-state index contributed by atoms with van der Waals surface area (Å²) in [5.74, 6) is 0. The predicted octanol–water partition coefficient (Wildman–Crippen LogP) is 4.14. The van der Waals surface area contributed by atoms with Crippen molar-refractivity contribution in [3.05, 3.63) is 53.2 Å². The Kier molecular flexibility index (Phi) is 4.05. The van der Waals surface area contributed by atoms with E-state index in [2.05, 4.69) is 0 Å². The van der Waals surface area contributed by atoms with Crippen LogP contribution in [0.4, 0.5) is 13.2 Å². The van der Waals surface area contributed by atoms with Gasteiger partial charge in [0.1, 0.15) is 17.7 Å². The lowest BCUT2D eigenvalue weighted by atomic mass is 10.0. The molecule has 1 aromatic heterocycles. The van der Waals surface area contributed by atoms with Crippen molar-refractivity contribution >= 4 is 6.08 Å². The van der Waals surface area contributed by atoms with Gasteiger partial charge in [-0.25, -0.2) is 0 Å². The lowest BCUT2D eigenvalue weighted by Crippen LogP contribution is -2.08. The van der Waals surface area contributed by atoms with Crippen LogP contribution in [-0.4, -0.2) is 4.57 Å². The van der Waals surface area contributed by atoms with Crippen molar-refractivity contribution in [2.75, 3.05) is 0 Å². The summed E-state index contributed by atoms with van der Waals surface area (Å²) < 4.78 is 40.8. The van der Waals surface area contributed by atoms with Crippen LogP contribution in [0, 0.1) is 22.7 Å². The summed E-state index contributed by atoms with van der Waals surface area (Å²) in [4.78, 5) is 0. The van der Waals surface area contributed by atoms with Crippen LogP contribution in [0.2, 0.25) is 0 Å². The van der Waals surface area contributed by atoms with E-state index in [4.69, 9.17) is 10.5 Å². The summed E-state index contributed by atoms with van der Waals surface area (Å²) in [5.41, 5.74) is 0.0384. The van der Waals surface area contributed by atoms with Gasteiger partial charge in [-0.3, -0.25) is 0 Å². The second-order valence-corrected chi connectivity index (χ2v) is 4.53. The standard InChI is InChI=1S/C16H10F3N3/c1-22-12(8-11(9-20)10-21)6-7-15(22)13-4-2-3-5-14(13)16(17,18)19/h2-8H,1H3. The van der Waals surface area contributed by atoms with Crippen molar-refractivity contribution < 1.29 is 13.2 Å². The highest BCUT2D eigenvalue weighted by Gasteiger charge is 2.33. The Hall–Kier alpha value is -2.99. The summed E-state index contributed by atoms with van der Waals surface area (Å²) in [6.07, 6.45) is -3.12. The van der Waals surface area contributed by atoms with Crippen LogP contribution in [0.1, 0.15) is 11.3 Å². The molecule has 0 bridgehead atoms. The number of hydrogen-bond donors (Lipinski definition) is 0. The second-order valence-electron chi connectivity index (χ2n) is 4.53. The minimum absolute atomic E-state index is 0.0487. The van der Waals surface area contributed by atoms with Gasteiger partial charge in [-0.05, 0) is 24.3 Å². The van der Waals surface area contributed by atoms with Gasteiger partial charge in [-0.1, -0.05) is 18.2 Å². The third-order valence-electron chi connectivity index (χ3n) is 3.20. The predicted molar refractivity (Wildman–Crippen MR) is 75.1 cm³/mol. The first-order chi connectivity index (χ1) is 10.4. The molecule has 0 fully saturated rings. The molecule has 0 aliphatic rings. The van der Waals surface area contributed by atoms with Gasteiger partial charge in [0.2, 0.25) is 0 Å². The van der Waals surface area contributed by atoms with E-state index >= 15 is 0 Å². The maximum absolute atomic E-state index is 13.1. The zero-order valence-electron chi connectivity index (χ0n) is 11.5. The third kappa shape index (κ3) is 2.87. The first-order valence-electron chi connectivity index (χ1n) is 6.22. The molecule has 1 aromatic carbocycles. The van der Waals surface area contributed by atoms with Crippen molar-refractivity contribution in [2.45, 2.75) is 6.18 Å². The Bertz CT molecular complexity index is 798. The molecule has 22 heavy (non-hydrogen) atoms. The fourth-order valence-electron chi connectivity index (χ4n) is 2.13. The van der Waals surface area contributed by atoms with E-state index in [0.29, 0.717) is 11.4 Å². The number of nitrogens with zero attached hydrogens (tertiary/aromatic N) is 3. The average Bonchev–Trinajstić information content (AvgIpc) is 2.84. The molecule has 6 heteroatoms. The summed E-state index contributed by atoms with van der Waals surface area (Å²) in [5, 5.41) is 17.5. The van der Waals surface area contributed by atoms with E-state index in [1.165, 1.54) is 34.9 Å². The molecule has 0 atom stereocenters. The quantitative estimate of drug-likeness (QED) is 0.783. The van der Waals surface area contributed by atoms with Crippen LogP contribution < -0.4 is 0 Å². The van der Waals surface area contributed by atoms with Gasteiger partial charge >= 0.3 is 6.18 Å². The number of hydrogen-bond acceptors (Lipinski definition) is 2. The number of benzene rings is 1. The minimum Gasteiger partial charge on any atom is -0.344 e. The number of aromatic nitrogens is 1. The third-order valence-corrected chi connectivity index (χ3v) is 3.20. The fourth-order valence-corrected chi connectivity index (χ4v) is 2.13. The van der Waals surface area contributed by atoms with E-state index in [1.807, 2.05) is 0 Å². The van der Waals surface area contributed by atoms with Crippen molar-refractivity contribution in [1.29, 1.82) is 10.5 Å². The molecule has 110 valence electrons. The summed E-state index contributed by atoms with van der Waals surface area (Å²) in [7, 11) is 1.58. The summed E-state index contributed by atoms with van der Waals surface area (Å²) >= 11 is 0. The molecule has 2 rings (SSSR count). The highest BCUT2D eigenvalue weighted by Crippen LogP contribution is 2.37. The summed E-state index contributed by atoms with van der Waals surface area (Å²) in [6.45, 7) is 0. The summed E-state index contributed by atoms with van der Waals surface area (Å²) in [6, 6.07) is 11.8. The van der Waals surface area contributed by atoms with Crippen LogP contribution in [0.15, 0.2) is 42.0 Å². The largest absolute Gasteiger partial charge is 0.417 e. The van der Waals surface area contributed by atoms with Crippen molar-refractivity contribution in [2.24, 2.45) is 7.05 Å². The Morgan fingerprint density at radius 3 is 2.32 bits per heavy atom. The molecule has 0 radical (unpaired) electrons. The van der Waals surface area contributed by atoms with Crippen molar-refractivity contribution in [3.8, 4) is 23.4 Å². The van der Waals surface area contributed by atoms with Gasteiger partial charge in [-0.2, -0.15) is 23.7 Å². The number of alkyl halides is 3. The van der Waals surface area contributed by atoms with Crippen LogP contribution in [-0.2, 0) is 13.2 Å². The Morgan fingerprint density at radius 1 is 1.09 bits per heavy atom. The van der Waals surface area contributed by atoms with E-state index in [-0.39, 0.29) is 11.1 Å². The maximum atomic E-state index is 13.1. The van der Waals surface area contributed by atoms with Gasteiger partial charge in [0.15, 0.2) is 0 Å². The van der Waals surface area contributed by atoms with Gasteiger partial charge in [0, 0.05) is 24.0 Å². The maximum Gasteiger partial charge on any atom is 0.417 e. The zero-order valence-corrected chi connectivity index (χ0v) is 11.5.